The third-order valence-corrected chi connectivity index (χ3v) is 9.54. The van der Waals surface area contributed by atoms with E-state index in [9.17, 15) is 18.0 Å². The lowest BCUT2D eigenvalue weighted by Crippen LogP contribution is -2.53. The van der Waals surface area contributed by atoms with E-state index in [1.807, 2.05) is 13.8 Å². The molecule has 12 heteroatoms. The summed E-state index contributed by atoms with van der Waals surface area (Å²) in [7, 11) is -4.27. The normalized spacial score (nSPS) is 12.9. The minimum atomic E-state index is -4.27. The Bertz CT molecular complexity index is 1470. The summed E-state index contributed by atoms with van der Waals surface area (Å²) < 4.78 is 28.7. The van der Waals surface area contributed by atoms with Crippen molar-refractivity contribution in [3.63, 3.8) is 0 Å². The van der Waals surface area contributed by atoms with Gasteiger partial charge in [-0.05, 0) is 74.4 Å². The molecule has 0 saturated carbocycles. The second kappa shape index (κ2) is 14.6. The van der Waals surface area contributed by atoms with E-state index in [2.05, 4.69) is 5.32 Å². The Hall–Kier alpha value is -2.49. The molecule has 0 radical (unpaired) electrons. The second-order valence-electron chi connectivity index (χ2n) is 9.41. The van der Waals surface area contributed by atoms with Crippen molar-refractivity contribution in [3.05, 3.63) is 92.4 Å². The van der Waals surface area contributed by atoms with Crippen molar-refractivity contribution in [1.29, 1.82) is 0 Å². The van der Waals surface area contributed by atoms with Gasteiger partial charge in [-0.1, -0.05) is 72.4 Å². The van der Waals surface area contributed by atoms with Crippen molar-refractivity contribution in [1.82, 2.24) is 10.2 Å². The zero-order chi connectivity index (χ0) is 30.3. The number of nitrogens with zero attached hydrogens (tertiary/aromatic N) is 2. The summed E-state index contributed by atoms with van der Waals surface area (Å²) >= 11 is 25.1. The summed E-state index contributed by atoms with van der Waals surface area (Å²) in [6, 6.07) is 15.7. The molecule has 1 N–H and O–H groups in total. The Morgan fingerprint density at radius 3 is 2.02 bits per heavy atom. The largest absolute Gasteiger partial charge is 0.352 e. The highest BCUT2D eigenvalue weighted by Crippen LogP contribution is 2.30. The van der Waals surface area contributed by atoms with Gasteiger partial charge in [0.25, 0.3) is 10.0 Å². The van der Waals surface area contributed by atoms with E-state index in [0.717, 1.165) is 4.31 Å². The summed E-state index contributed by atoms with van der Waals surface area (Å²) in [5.74, 6) is -1.00. The monoisotopic (exact) mass is 657 g/mol. The predicted octanol–water partition coefficient (Wildman–Crippen LogP) is 7.22. The van der Waals surface area contributed by atoms with Crippen molar-refractivity contribution in [2.45, 2.75) is 57.1 Å². The van der Waals surface area contributed by atoms with Crippen LogP contribution in [0, 0.1) is 0 Å². The Morgan fingerprint density at radius 2 is 1.46 bits per heavy atom. The standard InChI is InChI=1S/C29H31Cl4N3O4S/c1-4-19(3)34-29(38)27(5-2)35(17-24-25(32)10-7-11-26(24)33)28(37)18-36(22-9-6-8-21(31)16-22)41(39,40)23-14-12-20(30)13-15-23/h6-16,19,27H,4-5,17-18H2,1-3H3,(H,34,38)/t19-,27-/m0/s1. The number of carbonyl (C=O) groups is 2. The lowest BCUT2D eigenvalue weighted by molar-refractivity contribution is -0.140. The molecule has 0 heterocycles. The first-order chi connectivity index (χ1) is 19.4. The molecule has 2 atom stereocenters. The molecule has 3 aromatic carbocycles. The van der Waals surface area contributed by atoms with Gasteiger partial charge in [0, 0.05) is 38.2 Å². The van der Waals surface area contributed by atoms with Crippen LogP contribution >= 0.6 is 46.4 Å². The number of nitrogens with one attached hydrogen (secondary N) is 1. The van der Waals surface area contributed by atoms with Gasteiger partial charge in [-0.2, -0.15) is 0 Å². The number of sulfonamides is 1. The Morgan fingerprint density at radius 1 is 0.854 bits per heavy atom. The number of amides is 2. The zero-order valence-electron chi connectivity index (χ0n) is 22.8. The lowest BCUT2D eigenvalue weighted by atomic mass is 10.1. The first kappa shape index (κ1) is 33.0. The van der Waals surface area contributed by atoms with Crippen LogP contribution in [0.4, 0.5) is 5.69 Å². The van der Waals surface area contributed by atoms with Crippen molar-refractivity contribution in [2.24, 2.45) is 0 Å². The van der Waals surface area contributed by atoms with Gasteiger partial charge in [-0.3, -0.25) is 13.9 Å². The zero-order valence-corrected chi connectivity index (χ0v) is 26.6. The van der Waals surface area contributed by atoms with Crippen molar-refractivity contribution < 1.29 is 18.0 Å². The number of anilines is 1. The van der Waals surface area contributed by atoms with Gasteiger partial charge in [0.2, 0.25) is 11.8 Å². The second-order valence-corrected chi connectivity index (χ2v) is 13.0. The summed E-state index contributed by atoms with van der Waals surface area (Å²) in [4.78, 5) is 28.7. The summed E-state index contributed by atoms with van der Waals surface area (Å²) in [6.07, 6.45) is 0.950. The van der Waals surface area contributed by atoms with Crippen LogP contribution in [0.1, 0.15) is 39.2 Å². The molecular weight excluding hydrogens is 628 g/mol. The Kier molecular flexibility index (Phi) is 11.8. The third-order valence-electron chi connectivity index (χ3n) is 6.55. The van der Waals surface area contributed by atoms with Crippen molar-refractivity contribution in [2.75, 3.05) is 10.8 Å². The fraction of sp³-hybridized carbons (Fsp3) is 0.310. The minimum Gasteiger partial charge on any atom is -0.352 e. The van der Waals surface area contributed by atoms with E-state index in [4.69, 9.17) is 46.4 Å². The molecule has 41 heavy (non-hydrogen) atoms. The lowest BCUT2D eigenvalue weighted by Gasteiger charge is -2.34. The molecule has 0 spiro atoms. The first-order valence-corrected chi connectivity index (χ1v) is 15.9. The summed E-state index contributed by atoms with van der Waals surface area (Å²) in [6.45, 7) is 4.83. The molecule has 3 aromatic rings. The molecule has 0 aromatic heterocycles. The van der Waals surface area contributed by atoms with Crippen LogP contribution in [0.15, 0.2) is 71.6 Å². The van der Waals surface area contributed by atoms with E-state index >= 15 is 0 Å². The average molecular weight is 659 g/mol. The number of rotatable bonds is 12. The van der Waals surface area contributed by atoms with Gasteiger partial charge < -0.3 is 10.2 Å². The van der Waals surface area contributed by atoms with Crippen LogP contribution in [0.3, 0.4) is 0 Å². The molecule has 0 fully saturated rings. The van der Waals surface area contributed by atoms with Gasteiger partial charge in [0.1, 0.15) is 12.6 Å². The fourth-order valence-corrected chi connectivity index (χ4v) is 6.34. The number of hydrogen-bond donors (Lipinski definition) is 1. The molecule has 0 bridgehead atoms. The topological polar surface area (TPSA) is 86.8 Å². The van der Waals surface area contributed by atoms with Crippen molar-refractivity contribution in [3.8, 4) is 0 Å². The van der Waals surface area contributed by atoms with E-state index < -0.39 is 28.5 Å². The average Bonchev–Trinajstić information content (AvgIpc) is 2.93. The first-order valence-electron chi connectivity index (χ1n) is 13.0. The molecular formula is C29H31Cl4N3O4S. The highest BCUT2D eigenvalue weighted by atomic mass is 35.5. The molecule has 2 amide bonds. The van der Waals surface area contributed by atoms with Gasteiger partial charge in [0.05, 0.1) is 10.6 Å². The van der Waals surface area contributed by atoms with Crippen LogP contribution in [-0.4, -0.2) is 43.8 Å². The van der Waals surface area contributed by atoms with Crippen LogP contribution < -0.4 is 9.62 Å². The minimum absolute atomic E-state index is 0.0723. The van der Waals surface area contributed by atoms with Gasteiger partial charge in [-0.25, -0.2) is 8.42 Å². The molecule has 0 unspecified atom stereocenters. The summed E-state index contributed by atoms with van der Waals surface area (Å²) in [5.41, 5.74) is 0.613. The maximum absolute atomic E-state index is 14.1. The SMILES string of the molecule is CC[C@H](C)NC(=O)[C@H](CC)N(Cc1c(Cl)cccc1Cl)C(=O)CN(c1cccc(Cl)c1)S(=O)(=O)c1ccc(Cl)cc1. The van der Waals surface area contributed by atoms with Gasteiger partial charge >= 0.3 is 0 Å². The molecule has 0 aliphatic heterocycles. The molecule has 0 aliphatic rings. The van der Waals surface area contributed by atoms with Gasteiger partial charge in [-0.15, -0.1) is 0 Å². The number of benzene rings is 3. The highest BCUT2D eigenvalue weighted by Gasteiger charge is 2.34. The van der Waals surface area contributed by atoms with E-state index in [0.29, 0.717) is 27.1 Å². The number of halogens is 4. The van der Waals surface area contributed by atoms with Crippen LogP contribution in [0.2, 0.25) is 20.1 Å². The van der Waals surface area contributed by atoms with E-state index in [1.165, 1.54) is 41.3 Å². The van der Waals surface area contributed by atoms with E-state index in [-0.39, 0.29) is 40.5 Å². The molecule has 0 aliphatic carbocycles. The maximum Gasteiger partial charge on any atom is 0.264 e. The predicted molar refractivity (Wildman–Crippen MR) is 166 cm³/mol. The van der Waals surface area contributed by atoms with Crippen LogP contribution in [0.5, 0.6) is 0 Å². The smallest absolute Gasteiger partial charge is 0.264 e. The fourth-order valence-electron chi connectivity index (χ4n) is 4.11. The summed E-state index contributed by atoms with van der Waals surface area (Å²) in [5, 5.41) is 4.19. The Labute approximate surface area is 261 Å². The van der Waals surface area contributed by atoms with E-state index in [1.54, 1.807) is 37.3 Å². The van der Waals surface area contributed by atoms with Crippen LogP contribution in [0.25, 0.3) is 0 Å². The molecule has 3 rings (SSSR count). The maximum atomic E-state index is 14.1. The molecule has 220 valence electrons. The molecule has 7 nitrogen and oxygen atoms in total. The van der Waals surface area contributed by atoms with Crippen molar-refractivity contribution >= 4 is 73.9 Å². The number of hydrogen-bond acceptors (Lipinski definition) is 4. The highest BCUT2D eigenvalue weighted by molar-refractivity contribution is 7.92. The third kappa shape index (κ3) is 8.30. The van der Waals surface area contributed by atoms with Gasteiger partial charge in [0.15, 0.2) is 0 Å². The number of carbonyl (C=O) groups excluding carboxylic acids is 2. The quantitative estimate of drug-likeness (QED) is 0.223. The van der Waals surface area contributed by atoms with Crippen LogP contribution in [-0.2, 0) is 26.2 Å². The Balaban J connectivity index is 2.10. The molecule has 0 saturated heterocycles.